The number of ether oxygens (including phenoxy) is 1. The lowest BCUT2D eigenvalue weighted by molar-refractivity contribution is -0.131. The lowest BCUT2D eigenvalue weighted by Crippen LogP contribution is -2.33. The number of benzene rings is 1. The Kier molecular flexibility index (Phi) is 4.62. The van der Waals surface area contributed by atoms with Crippen LogP contribution in [0.2, 0.25) is 0 Å². The summed E-state index contributed by atoms with van der Waals surface area (Å²) in [6.45, 7) is 5.59. The number of likely N-dealkylation sites (N-methyl/N-ethyl adjacent to an activating group) is 1. The van der Waals surface area contributed by atoms with Crippen LogP contribution in [0, 0.1) is 0 Å². The fourth-order valence-electron chi connectivity index (χ4n) is 2.47. The summed E-state index contributed by atoms with van der Waals surface area (Å²) in [7, 11) is 1.36. The van der Waals surface area contributed by atoms with E-state index in [-0.39, 0.29) is 18.4 Å². The molecule has 0 unspecified atom stereocenters. The van der Waals surface area contributed by atoms with Crippen LogP contribution in [-0.4, -0.2) is 41.5 Å². The Bertz CT molecular complexity index is 657. The van der Waals surface area contributed by atoms with Crippen molar-refractivity contribution in [1.82, 2.24) is 9.47 Å². The van der Waals surface area contributed by atoms with Gasteiger partial charge in [0, 0.05) is 30.2 Å². The maximum absolute atomic E-state index is 12.2. The number of fused-ring (bicyclic) bond motifs is 1. The third-order valence-corrected chi connectivity index (χ3v) is 3.64. The fraction of sp³-hybridized carbons (Fsp3) is 0.375. The van der Waals surface area contributed by atoms with E-state index in [1.54, 1.807) is 17.0 Å². The molecule has 0 N–H and O–H groups in total. The number of carbonyl (C=O) groups is 2. The van der Waals surface area contributed by atoms with E-state index in [1.807, 2.05) is 36.7 Å². The summed E-state index contributed by atoms with van der Waals surface area (Å²) in [4.78, 5) is 25.7. The molecule has 0 fully saturated rings. The van der Waals surface area contributed by atoms with Crippen molar-refractivity contribution in [2.24, 2.45) is 0 Å². The van der Waals surface area contributed by atoms with Crippen molar-refractivity contribution in [2.45, 2.75) is 20.4 Å². The Labute approximate surface area is 124 Å². The van der Waals surface area contributed by atoms with E-state index >= 15 is 0 Å². The largest absolute Gasteiger partial charge is 0.465 e. The van der Waals surface area contributed by atoms with E-state index in [9.17, 15) is 9.59 Å². The van der Waals surface area contributed by atoms with Crippen LogP contribution in [0.15, 0.2) is 30.5 Å². The molecular weight excluding hydrogens is 268 g/mol. The topological polar surface area (TPSA) is 51.5 Å². The summed E-state index contributed by atoms with van der Waals surface area (Å²) >= 11 is 0. The van der Waals surface area contributed by atoms with E-state index in [4.69, 9.17) is 4.74 Å². The first-order valence-electron chi connectivity index (χ1n) is 7.06. The maximum Gasteiger partial charge on any atom is 0.338 e. The highest BCUT2D eigenvalue weighted by Crippen LogP contribution is 2.21. The molecule has 1 amide bonds. The summed E-state index contributed by atoms with van der Waals surface area (Å²) in [5, 5.41) is 0.802. The standard InChI is InChI=1S/C16H20N2O3/c1-4-17(5-2)15(19)11-18-10-9-12-13(16(20)21-3)7-6-8-14(12)18/h6-10H,4-5,11H2,1-3H3. The van der Waals surface area contributed by atoms with Crippen molar-refractivity contribution in [1.29, 1.82) is 0 Å². The average molecular weight is 288 g/mol. The first kappa shape index (κ1) is 15.1. The minimum Gasteiger partial charge on any atom is -0.465 e. The summed E-state index contributed by atoms with van der Waals surface area (Å²) in [5.74, 6) is -0.297. The van der Waals surface area contributed by atoms with Gasteiger partial charge < -0.3 is 14.2 Å². The first-order chi connectivity index (χ1) is 10.1. The van der Waals surface area contributed by atoms with Crippen LogP contribution in [0.4, 0.5) is 0 Å². The molecule has 0 bridgehead atoms. The Balaban J connectivity index is 2.35. The second-order valence-corrected chi connectivity index (χ2v) is 4.74. The molecule has 1 aromatic carbocycles. The molecule has 0 spiro atoms. The Morgan fingerprint density at radius 1 is 1.19 bits per heavy atom. The Morgan fingerprint density at radius 2 is 1.90 bits per heavy atom. The highest BCUT2D eigenvalue weighted by atomic mass is 16.5. The van der Waals surface area contributed by atoms with Gasteiger partial charge in [-0.05, 0) is 32.0 Å². The van der Waals surface area contributed by atoms with Gasteiger partial charge in [0.25, 0.3) is 0 Å². The second kappa shape index (κ2) is 6.43. The molecule has 0 atom stereocenters. The molecule has 5 heteroatoms. The minimum absolute atomic E-state index is 0.0703. The summed E-state index contributed by atoms with van der Waals surface area (Å²) in [6.07, 6.45) is 1.83. The third-order valence-electron chi connectivity index (χ3n) is 3.64. The molecule has 112 valence electrons. The van der Waals surface area contributed by atoms with Gasteiger partial charge in [0.05, 0.1) is 12.7 Å². The van der Waals surface area contributed by atoms with E-state index in [0.717, 1.165) is 10.9 Å². The predicted molar refractivity (Wildman–Crippen MR) is 81.2 cm³/mol. The van der Waals surface area contributed by atoms with Crippen LogP contribution < -0.4 is 0 Å². The summed E-state index contributed by atoms with van der Waals surface area (Å²) in [6, 6.07) is 7.27. The highest BCUT2D eigenvalue weighted by molar-refractivity contribution is 6.04. The van der Waals surface area contributed by atoms with Gasteiger partial charge in [-0.15, -0.1) is 0 Å². The molecule has 0 aliphatic heterocycles. The number of esters is 1. The van der Waals surface area contributed by atoms with E-state index < -0.39 is 0 Å². The zero-order valence-electron chi connectivity index (χ0n) is 12.6. The smallest absolute Gasteiger partial charge is 0.338 e. The van der Waals surface area contributed by atoms with Crippen LogP contribution in [0.1, 0.15) is 24.2 Å². The molecule has 0 aliphatic carbocycles. The normalized spacial score (nSPS) is 10.6. The Hall–Kier alpha value is -2.30. The summed E-state index contributed by atoms with van der Waals surface area (Å²) < 4.78 is 6.65. The molecule has 21 heavy (non-hydrogen) atoms. The molecule has 1 heterocycles. The molecule has 5 nitrogen and oxygen atoms in total. The molecular formula is C16H20N2O3. The lowest BCUT2D eigenvalue weighted by Gasteiger charge is -2.19. The van der Waals surface area contributed by atoms with Crippen LogP contribution in [0.25, 0.3) is 10.9 Å². The van der Waals surface area contributed by atoms with E-state index in [1.165, 1.54) is 7.11 Å². The average Bonchev–Trinajstić information content (AvgIpc) is 2.91. The first-order valence-corrected chi connectivity index (χ1v) is 7.06. The minimum atomic E-state index is -0.367. The molecule has 0 radical (unpaired) electrons. The van der Waals surface area contributed by atoms with Crippen molar-refractivity contribution < 1.29 is 14.3 Å². The maximum atomic E-state index is 12.2. The monoisotopic (exact) mass is 288 g/mol. The number of carbonyl (C=O) groups excluding carboxylic acids is 2. The van der Waals surface area contributed by atoms with Gasteiger partial charge in [-0.3, -0.25) is 4.79 Å². The number of rotatable bonds is 5. The molecule has 1 aromatic heterocycles. The molecule has 0 saturated carbocycles. The van der Waals surface area contributed by atoms with Gasteiger partial charge in [-0.2, -0.15) is 0 Å². The second-order valence-electron chi connectivity index (χ2n) is 4.74. The predicted octanol–water partition coefficient (Wildman–Crippen LogP) is 2.30. The van der Waals surface area contributed by atoms with Crippen LogP contribution in [0.3, 0.4) is 0 Å². The number of hydrogen-bond donors (Lipinski definition) is 0. The van der Waals surface area contributed by atoms with Crippen molar-refractivity contribution in [3.05, 3.63) is 36.0 Å². The number of hydrogen-bond acceptors (Lipinski definition) is 3. The van der Waals surface area contributed by atoms with Gasteiger partial charge >= 0.3 is 5.97 Å². The van der Waals surface area contributed by atoms with Crippen LogP contribution in [-0.2, 0) is 16.1 Å². The van der Waals surface area contributed by atoms with Crippen molar-refractivity contribution in [3.63, 3.8) is 0 Å². The SMILES string of the molecule is CCN(CC)C(=O)Cn1ccc2c(C(=O)OC)cccc21. The van der Waals surface area contributed by atoms with Crippen molar-refractivity contribution in [2.75, 3.05) is 20.2 Å². The molecule has 2 rings (SSSR count). The van der Waals surface area contributed by atoms with Gasteiger partial charge in [-0.25, -0.2) is 4.79 Å². The number of methoxy groups -OCH3 is 1. The van der Waals surface area contributed by atoms with Gasteiger partial charge in [-0.1, -0.05) is 6.07 Å². The Morgan fingerprint density at radius 3 is 2.52 bits per heavy atom. The lowest BCUT2D eigenvalue weighted by atomic mass is 10.1. The molecule has 2 aromatic rings. The number of nitrogens with zero attached hydrogens (tertiary/aromatic N) is 2. The zero-order chi connectivity index (χ0) is 15.4. The van der Waals surface area contributed by atoms with Gasteiger partial charge in [0.15, 0.2) is 0 Å². The zero-order valence-corrected chi connectivity index (χ0v) is 12.6. The quantitative estimate of drug-likeness (QED) is 0.793. The third kappa shape index (κ3) is 2.91. The highest BCUT2D eigenvalue weighted by Gasteiger charge is 2.15. The molecule has 0 aliphatic rings. The molecule has 0 saturated heterocycles. The van der Waals surface area contributed by atoms with Crippen molar-refractivity contribution >= 4 is 22.8 Å². The number of aromatic nitrogens is 1. The van der Waals surface area contributed by atoms with Gasteiger partial charge in [0.2, 0.25) is 5.91 Å². The van der Waals surface area contributed by atoms with Crippen molar-refractivity contribution in [3.8, 4) is 0 Å². The number of amides is 1. The fourth-order valence-corrected chi connectivity index (χ4v) is 2.47. The summed E-state index contributed by atoms with van der Waals surface area (Å²) in [5.41, 5.74) is 1.38. The van der Waals surface area contributed by atoms with Crippen LogP contribution >= 0.6 is 0 Å². The van der Waals surface area contributed by atoms with Crippen LogP contribution in [0.5, 0.6) is 0 Å². The van der Waals surface area contributed by atoms with E-state index in [0.29, 0.717) is 18.7 Å². The van der Waals surface area contributed by atoms with E-state index in [2.05, 4.69) is 0 Å². The van der Waals surface area contributed by atoms with Gasteiger partial charge in [0.1, 0.15) is 6.54 Å².